The van der Waals surface area contributed by atoms with E-state index in [0.717, 1.165) is 0 Å². The van der Waals surface area contributed by atoms with Crippen LogP contribution in [0.3, 0.4) is 0 Å². The number of carbonyl (C=O) groups excluding carboxylic acids is 1. The molecule has 82 valence electrons. The van der Waals surface area contributed by atoms with Gasteiger partial charge in [-0.2, -0.15) is 8.78 Å². The van der Waals surface area contributed by atoms with Gasteiger partial charge in [0.15, 0.2) is 0 Å². The quantitative estimate of drug-likeness (QED) is 0.771. The Morgan fingerprint density at radius 3 is 2.60 bits per heavy atom. The number of alkyl halides is 2. The average molecular weight is 255 g/mol. The number of ether oxygens (including phenoxy) is 1. The molecule has 6 heteroatoms. The summed E-state index contributed by atoms with van der Waals surface area (Å²) < 4.78 is 28.0. The first-order valence-corrected chi connectivity index (χ1v) is 4.67. The fourth-order valence-electron chi connectivity index (χ4n) is 1.03. The van der Waals surface area contributed by atoms with Crippen LogP contribution in [0, 0.1) is 0 Å². The van der Waals surface area contributed by atoms with Crippen LogP contribution >= 0.6 is 23.2 Å². The molecule has 1 aromatic rings. The van der Waals surface area contributed by atoms with Crippen molar-refractivity contribution >= 4 is 29.5 Å². The third-order valence-corrected chi connectivity index (χ3v) is 2.42. The number of hydrogen-bond acceptors (Lipinski definition) is 2. The third-order valence-electron chi connectivity index (χ3n) is 1.65. The minimum absolute atomic E-state index is 0.0435. The first-order chi connectivity index (χ1) is 7.06. The lowest BCUT2D eigenvalue weighted by molar-refractivity contribution is -0.107. The first-order valence-electron chi connectivity index (χ1n) is 3.91. The van der Waals surface area contributed by atoms with Crippen LogP contribution in [0.15, 0.2) is 12.1 Å². The maximum absolute atomic E-state index is 11.9. The van der Waals surface area contributed by atoms with E-state index in [1.54, 1.807) is 0 Å². The Hall–Kier alpha value is -0.870. The summed E-state index contributed by atoms with van der Waals surface area (Å²) in [6, 6.07) is 2.58. The fourth-order valence-corrected chi connectivity index (χ4v) is 1.60. The van der Waals surface area contributed by atoms with Gasteiger partial charge in [-0.25, -0.2) is 0 Å². The summed E-state index contributed by atoms with van der Waals surface area (Å²) >= 11 is 11.5. The highest BCUT2D eigenvalue weighted by Crippen LogP contribution is 2.34. The summed E-state index contributed by atoms with van der Waals surface area (Å²) in [4.78, 5) is 10.3. The van der Waals surface area contributed by atoms with Crippen LogP contribution in [-0.2, 0) is 11.2 Å². The van der Waals surface area contributed by atoms with Crippen LogP contribution in [0.4, 0.5) is 8.78 Å². The van der Waals surface area contributed by atoms with Crippen molar-refractivity contribution in [1.82, 2.24) is 0 Å². The molecule has 0 saturated carbocycles. The molecule has 1 aromatic carbocycles. The molecule has 0 unspecified atom stereocenters. The maximum atomic E-state index is 11.9. The molecule has 0 bridgehead atoms. The van der Waals surface area contributed by atoms with Crippen molar-refractivity contribution in [3.05, 3.63) is 27.7 Å². The molecule has 0 aliphatic rings. The number of carbonyl (C=O) groups is 1. The van der Waals surface area contributed by atoms with E-state index in [1.165, 1.54) is 12.1 Å². The van der Waals surface area contributed by atoms with E-state index in [1.807, 2.05) is 0 Å². The van der Waals surface area contributed by atoms with Gasteiger partial charge in [0.1, 0.15) is 12.0 Å². The van der Waals surface area contributed by atoms with Crippen molar-refractivity contribution in [3.63, 3.8) is 0 Å². The molecule has 0 aliphatic carbocycles. The number of halogens is 4. The Balaban J connectivity index is 3.09. The summed E-state index contributed by atoms with van der Waals surface area (Å²) in [5.74, 6) is -0.187. The lowest BCUT2D eigenvalue weighted by Gasteiger charge is -2.10. The van der Waals surface area contributed by atoms with E-state index < -0.39 is 6.61 Å². The van der Waals surface area contributed by atoms with Crippen molar-refractivity contribution in [1.29, 1.82) is 0 Å². The van der Waals surface area contributed by atoms with Gasteiger partial charge in [0.25, 0.3) is 0 Å². The predicted octanol–water partition coefficient (Wildman–Crippen LogP) is 3.34. The Morgan fingerprint density at radius 1 is 1.40 bits per heavy atom. The largest absolute Gasteiger partial charge is 0.433 e. The topological polar surface area (TPSA) is 26.3 Å². The van der Waals surface area contributed by atoms with Gasteiger partial charge in [0.05, 0.1) is 5.02 Å². The lowest BCUT2D eigenvalue weighted by Crippen LogP contribution is -2.03. The average Bonchev–Trinajstić information content (AvgIpc) is 2.16. The van der Waals surface area contributed by atoms with Crippen LogP contribution < -0.4 is 4.74 Å². The van der Waals surface area contributed by atoms with Crippen LogP contribution in [0.2, 0.25) is 10.0 Å². The molecule has 0 aliphatic heterocycles. The zero-order valence-corrected chi connectivity index (χ0v) is 8.86. The van der Waals surface area contributed by atoms with E-state index in [4.69, 9.17) is 23.2 Å². The molecule has 0 N–H and O–H groups in total. The molecular weight excluding hydrogens is 249 g/mol. The van der Waals surface area contributed by atoms with Crippen LogP contribution in [-0.4, -0.2) is 12.9 Å². The normalized spacial score (nSPS) is 10.5. The van der Waals surface area contributed by atoms with Crippen molar-refractivity contribution in [2.24, 2.45) is 0 Å². The first kappa shape index (κ1) is 12.2. The fraction of sp³-hybridized carbons (Fsp3) is 0.222. The molecule has 1 rings (SSSR count). The highest BCUT2D eigenvalue weighted by Gasteiger charge is 2.14. The van der Waals surface area contributed by atoms with Crippen molar-refractivity contribution in [3.8, 4) is 5.75 Å². The van der Waals surface area contributed by atoms with E-state index >= 15 is 0 Å². The maximum Gasteiger partial charge on any atom is 0.387 e. The SMILES string of the molecule is O=CCc1c(Cl)ccc(OC(F)F)c1Cl. The molecule has 0 atom stereocenters. The van der Waals surface area contributed by atoms with Crippen LogP contribution in [0.1, 0.15) is 5.56 Å². The van der Waals surface area contributed by atoms with Gasteiger partial charge >= 0.3 is 6.61 Å². The zero-order valence-electron chi connectivity index (χ0n) is 7.34. The van der Waals surface area contributed by atoms with Crippen molar-refractivity contribution < 1.29 is 18.3 Å². The minimum Gasteiger partial charge on any atom is -0.433 e. The molecule has 15 heavy (non-hydrogen) atoms. The molecule has 0 fully saturated rings. The smallest absolute Gasteiger partial charge is 0.387 e. The number of aldehydes is 1. The summed E-state index contributed by atoms with van der Waals surface area (Å²) in [5, 5.41) is 0.184. The van der Waals surface area contributed by atoms with Gasteiger partial charge < -0.3 is 9.53 Å². The van der Waals surface area contributed by atoms with Gasteiger partial charge in [0, 0.05) is 17.0 Å². The monoisotopic (exact) mass is 254 g/mol. The van der Waals surface area contributed by atoms with E-state index in [9.17, 15) is 13.6 Å². The molecule has 0 radical (unpaired) electrons. The molecule has 0 spiro atoms. The summed E-state index contributed by atoms with van der Waals surface area (Å²) in [5.41, 5.74) is 0.284. The van der Waals surface area contributed by atoms with Gasteiger partial charge in [-0.1, -0.05) is 23.2 Å². The van der Waals surface area contributed by atoms with E-state index in [2.05, 4.69) is 4.74 Å². The van der Waals surface area contributed by atoms with E-state index in [-0.39, 0.29) is 27.8 Å². The summed E-state index contributed by atoms with van der Waals surface area (Å²) in [6.07, 6.45) is 0.539. The van der Waals surface area contributed by atoms with Crippen molar-refractivity contribution in [2.75, 3.05) is 0 Å². The highest BCUT2D eigenvalue weighted by atomic mass is 35.5. The van der Waals surface area contributed by atoms with E-state index in [0.29, 0.717) is 6.29 Å². The molecule has 0 saturated heterocycles. The molecule has 0 amide bonds. The van der Waals surface area contributed by atoms with Gasteiger partial charge in [-0.05, 0) is 12.1 Å². The second-order valence-corrected chi connectivity index (χ2v) is 3.37. The number of benzene rings is 1. The molecule has 0 heterocycles. The second kappa shape index (κ2) is 5.28. The number of rotatable bonds is 4. The molecule has 0 aromatic heterocycles. The van der Waals surface area contributed by atoms with Gasteiger partial charge in [-0.15, -0.1) is 0 Å². The van der Waals surface area contributed by atoms with Crippen molar-refractivity contribution in [2.45, 2.75) is 13.0 Å². The Kier molecular flexibility index (Phi) is 4.29. The Labute approximate surface area is 94.7 Å². The minimum atomic E-state index is -2.97. The molecular formula is C9H6Cl2F2O2. The summed E-state index contributed by atoms with van der Waals surface area (Å²) in [7, 11) is 0. The van der Waals surface area contributed by atoms with Gasteiger partial charge in [-0.3, -0.25) is 0 Å². The Bertz CT molecular complexity index is 369. The third kappa shape index (κ3) is 3.04. The van der Waals surface area contributed by atoms with Crippen LogP contribution in [0.5, 0.6) is 5.75 Å². The number of hydrogen-bond donors (Lipinski definition) is 0. The van der Waals surface area contributed by atoms with Gasteiger partial charge in [0.2, 0.25) is 0 Å². The zero-order chi connectivity index (χ0) is 11.4. The highest BCUT2D eigenvalue weighted by molar-refractivity contribution is 6.37. The Morgan fingerprint density at radius 2 is 2.07 bits per heavy atom. The molecule has 2 nitrogen and oxygen atoms in total. The predicted molar refractivity (Wildman–Crippen MR) is 52.9 cm³/mol. The van der Waals surface area contributed by atoms with Crippen LogP contribution in [0.25, 0.3) is 0 Å². The lowest BCUT2D eigenvalue weighted by atomic mass is 10.1. The standard InChI is InChI=1S/C9H6Cl2F2O2/c10-6-1-2-7(15-9(12)13)8(11)5(6)3-4-14/h1-2,4,9H,3H2. The summed E-state index contributed by atoms with van der Waals surface area (Å²) in [6.45, 7) is -2.97. The second-order valence-electron chi connectivity index (χ2n) is 2.59.